The van der Waals surface area contributed by atoms with E-state index in [2.05, 4.69) is 22.8 Å². The Morgan fingerprint density at radius 3 is 2.53 bits per heavy atom. The number of hydrogen-bond donors (Lipinski definition) is 0. The van der Waals surface area contributed by atoms with Crippen molar-refractivity contribution >= 4 is 0 Å². The van der Waals surface area contributed by atoms with Crippen LogP contribution >= 0.6 is 0 Å². The molecule has 0 saturated heterocycles. The molecule has 0 radical (unpaired) electrons. The van der Waals surface area contributed by atoms with E-state index in [0.717, 1.165) is 31.6 Å². The molecule has 0 aliphatic rings. The molecule has 0 bridgehead atoms. The van der Waals surface area contributed by atoms with E-state index in [4.69, 9.17) is 5.26 Å². The molecular weight excluding hydrogens is 241 g/mol. The first-order valence-corrected chi connectivity index (χ1v) is 6.62. The summed E-state index contributed by atoms with van der Waals surface area (Å²) < 4.78 is 13.3. The van der Waals surface area contributed by atoms with Crippen LogP contribution in [-0.2, 0) is 6.54 Å². The Kier molecular flexibility index (Phi) is 6.48. The summed E-state index contributed by atoms with van der Waals surface area (Å²) in [5.74, 6) is -0.280. The summed E-state index contributed by atoms with van der Waals surface area (Å²) in [6.07, 6.45) is 1.05. The van der Waals surface area contributed by atoms with Gasteiger partial charge in [0.25, 0.3) is 0 Å². The third-order valence-corrected chi connectivity index (χ3v) is 2.98. The van der Waals surface area contributed by atoms with E-state index in [1.807, 2.05) is 14.1 Å². The Hall–Kier alpha value is -1.44. The molecule has 1 aromatic rings. The lowest BCUT2D eigenvalue weighted by molar-refractivity contribution is 0.233. The lowest BCUT2D eigenvalue weighted by atomic mass is 10.1. The van der Waals surface area contributed by atoms with E-state index in [1.54, 1.807) is 6.07 Å². The van der Waals surface area contributed by atoms with Crippen LogP contribution < -0.4 is 0 Å². The van der Waals surface area contributed by atoms with Gasteiger partial charge in [0, 0.05) is 19.6 Å². The molecule has 0 N–H and O–H groups in total. The average molecular weight is 263 g/mol. The van der Waals surface area contributed by atoms with Crippen molar-refractivity contribution in [1.82, 2.24) is 9.80 Å². The second kappa shape index (κ2) is 7.88. The number of rotatable bonds is 7. The smallest absolute Gasteiger partial charge is 0.123 e. The van der Waals surface area contributed by atoms with Gasteiger partial charge in [0.1, 0.15) is 5.82 Å². The number of nitrogens with zero attached hydrogens (tertiary/aromatic N) is 3. The van der Waals surface area contributed by atoms with E-state index >= 15 is 0 Å². The molecule has 0 spiro atoms. The van der Waals surface area contributed by atoms with Gasteiger partial charge >= 0.3 is 0 Å². The Morgan fingerprint density at radius 1 is 1.21 bits per heavy atom. The topological polar surface area (TPSA) is 30.3 Å². The van der Waals surface area contributed by atoms with Crippen LogP contribution in [0.5, 0.6) is 0 Å². The largest absolute Gasteiger partial charge is 0.308 e. The van der Waals surface area contributed by atoms with E-state index in [0.29, 0.717) is 12.1 Å². The molecule has 0 heterocycles. The molecule has 0 fully saturated rings. The maximum absolute atomic E-state index is 13.3. The van der Waals surface area contributed by atoms with Crippen LogP contribution in [0.2, 0.25) is 0 Å². The Labute approximate surface area is 115 Å². The molecule has 0 atom stereocenters. The average Bonchev–Trinajstić information content (AvgIpc) is 2.36. The molecule has 1 rings (SSSR count). The molecule has 3 nitrogen and oxygen atoms in total. The number of likely N-dealkylation sites (N-methyl/N-ethyl adjacent to an activating group) is 1. The second-order valence-corrected chi connectivity index (χ2v) is 4.99. The van der Waals surface area contributed by atoms with E-state index < -0.39 is 0 Å². The zero-order valence-corrected chi connectivity index (χ0v) is 12.0. The minimum absolute atomic E-state index is 0.280. The third-order valence-electron chi connectivity index (χ3n) is 2.98. The van der Waals surface area contributed by atoms with Gasteiger partial charge in [-0.3, -0.25) is 4.90 Å². The van der Waals surface area contributed by atoms with Gasteiger partial charge in [-0.15, -0.1) is 0 Å². The summed E-state index contributed by atoms with van der Waals surface area (Å²) in [6.45, 7) is 5.58. The van der Waals surface area contributed by atoms with Crippen LogP contribution in [0.1, 0.15) is 24.5 Å². The number of benzene rings is 1. The molecule has 0 aromatic heterocycles. The van der Waals surface area contributed by atoms with Gasteiger partial charge in [-0.05, 0) is 50.8 Å². The van der Waals surface area contributed by atoms with Gasteiger partial charge < -0.3 is 4.90 Å². The zero-order chi connectivity index (χ0) is 14.3. The summed E-state index contributed by atoms with van der Waals surface area (Å²) in [4.78, 5) is 4.38. The maximum Gasteiger partial charge on any atom is 0.123 e. The fourth-order valence-corrected chi connectivity index (χ4v) is 1.97. The quantitative estimate of drug-likeness (QED) is 0.757. The van der Waals surface area contributed by atoms with Gasteiger partial charge in [-0.25, -0.2) is 4.39 Å². The molecule has 0 unspecified atom stereocenters. The number of nitriles is 1. The molecule has 0 saturated carbocycles. The fourth-order valence-electron chi connectivity index (χ4n) is 1.97. The van der Waals surface area contributed by atoms with E-state index in [-0.39, 0.29) is 5.82 Å². The highest BCUT2D eigenvalue weighted by atomic mass is 19.1. The van der Waals surface area contributed by atoms with Crippen LogP contribution in [0.4, 0.5) is 4.39 Å². The van der Waals surface area contributed by atoms with Crippen LogP contribution in [0, 0.1) is 17.1 Å². The van der Waals surface area contributed by atoms with Gasteiger partial charge in [0.15, 0.2) is 0 Å². The third kappa shape index (κ3) is 5.37. The Bertz CT molecular complexity index is 438. The molecule has 4 heteroatoms. The van der Waals surface area contributed by atoms with Crippen molar-refractivity contribution in [3.05, 3.63) is 35.1 Å². The summed E-state index contributed by atoms with van der Waals surface area (Å²) >= 11 is 0. The molecule has 104 valence electrons. The van der Waals surface area contributed by atoms with Crippen molar-refractivity contribution in [2.45, 2.75) is 19.9 Å². The first kappa shape index (κ1) is 15.6. The van der Waals surface area contributed by atoms with E-state index in [9.17, 15) is 4.39 Å². The highest BCUT2D eigenvalue weighted by molar-refractivity contribution is 5.37. The Balaban J connectivity index is 2.78. The zero-order valence-electron chi connectivity index (χ0n) is 12.0. The molecular formula is C15H22FN3. The SMILES string of the molecule is CCCN(CCN(C)C)Cc1cc(F)ccc1C#N. The first-order valence-electron chi connectivity index (χ1n) is 6.62. The summed E-state index contributed by atoms with van der Waals surface area (Å²) in [5.41, 5.74) is 1.34. The van der Waals surface area contributed by atoms with Gasteiger partial charge in [-0.2, -0.15) is 5.26 Å². The molecule has 0 aliphatic heterocycles. The number of hydrogen-bond acceptors (Lipinski definition) is 3. The van der Waals surface area contributed by atoms with Crippen molar-refractivity contribution in [2.75, 3.05) is 33.7 Å². The first-order chi connectivity index (χ1) is 9.06. The van der Waals surface area contributed by atoms with Crippen molar-refractivity contribution in [2.24, 2.45) is 0 Å². The maximum atomic E-state index is 13.3. The van der Waals surface area contributed by atoms with Crippen LogP contribution in [-0.4, -0.2) is 43.5 Å². The van der Waals surface area contributed by atoms with Crippen molar-refractivity contribution in [3.8, 4) is 6.07 Å². The van der Waals surface area contributed by atoms with Gasteiger partial charge in [-0.1, -0.05) is 6.92 Å². The predicted molar refractivity (Wildman–Crippen MR) is 75.2 cm³/mol. The monoisotopic (exact) mass is 263 g/mol. The minimum atomic E-state index is -0.280. The van der Waals surface area contributed by atoms with Crippen LogP contribution in [0.3, 0.4) is 0 Å². The standard InChI is InChI=1S/C15H22FN3/c1-4-7-19(9-8-18(2)3)12-14-10-15(16)6-5-13(14)11-17/h5-6,10H,4,7-9,12H2,1-3H3. The fraction of sp³-hybridized carbons (Fsp3) is 0.533. The normalized spacial score (nSPS) is 11.0. The molecule has 19 heavy (non-hydrogen) atoms. The lowest BCUT2D eigenvalue weighted by Gasteiger charge is -2.24. The summed E-state index contributed by atoms with van der Waals surface area (Å²) in [6, 6.07) is 6.50. The summed E-state index contributed by atoms with van der Waals surface area (Å²) in [7, 11) is 4.07. The highest BCUT2D eigenvalue weighted by Gasteiger charge is 2.10. The minimum Gasteiger partial charge on any atom is -0.308 e. The van der Waals surface area contributed by atoms with Gasteiger partial charge in [0.05, 0.1) is 11.6 Å². The van der Waals surface area contributed by atoms with Crippen molar-refractivity contribution in [3.63, 3.8) is 0 Å². The molecule has 1 aromatic carbocycles. The molecule has 0 aliphatic carbocycles. The lowest BCUT2D eigenvalue weighted by Crippen LogP contribution is -2.32. The van der Waals surface area contributed by atoms with Crippen molar-refractivity contribution < 1.29 is 4.39 Å². The summed E-state index contributed by atoms with van der Waals surface area (Å²) in [5, 5.41) is 9.07. The van der Waals surface area contributed by atoms with E-state index in [1.165, 1.54) is 12.1 Å². The number of halogens is 1. The molecule has 0 amide bonds. The second-order valence-electron chi connectivity index (χ2n) is 4.99. The van der Waals surface area contributed by atoms with Crippen LogP contribution in [0.25, 0.3) is 0 Å². The van der Waals surface area contributed by atoms with Crippen LogP contribution in [0.15, 0.2) is 18.2 Å². The Morgan fingerprint density at radius 2 is 1.95 bits per heavy atom. The predicted octanol–water partition coefficient (Wildman–Crippen LogP) is 2.47. The van der Waals surface area contributed by atoms with Gasteiger partial charge in [0.2, 0.25) is 0 Å². The van der Waals surface area contributed by atoms with Crippen molar-refractivity contribution in [1.29, 1.82) is 5.26 Å². The highest BCUT2D eigenvalue weighted by Crippen LogP contribution is 2.13.